The van der Waals surface area contributed by atoms with Crippen LogP contribution in [-0.2, 0) is 0 Å². The SMILES string of the molecule is COc1ccc(C2=C/C(=C/C=C/C3=[NH+]c4cccc5cccc3c45)c3ccccc3O2)cc1. The van der Waals surface area contributed by atoms with Crippen LogP contribution in [0.5, 0.6) is 11.5 Å². The molecule has 0 bridgehead atoms. The van der Waals surface area contributed by atoms with E-state index in [1.165, 1.54) is 16.3 Å². The lowest BCUT2D eigenvalue weighted by Gasteiger charge is -2.20. The summed E-state index contributed by atoms with van der Waals surface area (Å²) in [5, 5.41) is 2.54. The third-order valence-electron chi connectivity index (χ3n) is 6.08. The summed E-state index contributed by atoms with van der Waals surface area (Å²) >= 11 is 0. The maximum Gasteiger partial charge on any atom is 0.212 e. The molecular formula is C30H22NO2+. The minimum Gasteiger partial charge on any atom is -0.497 e. The molecule has 0 unspecified atom stereocenters. The van der Waals surface area contributed by atoms with Gasteiger partial charge in [-0.05, 0) is 53.4 Å². The molecule has 0 atom stereocenters. The van der Waals surface area contributed by atoms with E-state index in [0.717, 1.165) is 45.4 Å². The summed E-state index contributed by atoms with van der Waals surface area (Å²) in [6.07, 6.45) is 8.48. The van der Waals surface area contributed by atoms with Crippen LogP contribution < -0.4 is 14.5 Å². The molecule has 0 aliphatic carbocycles. The zero-order chi connectivity index (χ0) is 22.2. The number of ether oxygens (including phenoxy) is 2. The van der Waals surface area contributed by atoms with Crippen molar-refractivity contribution < 1.29 is 14.5 Å². The molecule has 0 spiro atoms. The molecule has 158 valence electrons. The van der Waals surface area contributed by atoms with Crippen molar-refractivity contribution in [3.8, 4) is 11.5 Å². The van der Waals surface area contributed by atoms with Gasteiger partial charge in [-0.1, -0.05) is 54.6 Å². The van der Waals surface area contributed by atoms with E-state index < -0.39 is 0 Å². The van der Waals surface area contributed by atoms with E-state index in [2.05, 4.69) is 71.8 Å². The number of fused-ring (bicyclic) bond motifs is 1. The largest absolute Gasteiger partial charge is 0.497 e. The molecule has 0 fully saturated rings. The Bertz CT molecular complexity index is 1500. The summed E-state index contributed by atoms with van der Waals surface area (Å²) < 4.78 is 11.5. The number of allylic oxidation sites excluding steroid dienone is 5. The molecule has 2 aliphatic rings. The maximum absolute atomic E-state index is 6.22. The van der Waals surface area contributed by atoms with Crippen molar-refractivity contribution >= 4 is 33.5 Å². The molecule has 1 N–H and O–H groups in total. The van der Waals surface area contributed by atoms with Crippen LogP contribution in [0, 0.1) is 0 Å². The number of rotatable bonds is 4. The predicted octanol–water partition coefficient (Wildman–Crippen LogP) is 5.44. The lowest BCUT2D eigenvalue weighted by atomic mass is 9.98. The summed E-state index contributed by atoms with van der Waals surface area (Å²) in [5.74, 6) is 2.50. The fraction of sp³-hybridized carbons (Fsp3) is 0.0333. The van der Waals surface area contributed by atoms with Gasteiger partial charge in [-0.2, -0.15) is 0 Å². The molecule has 6 rings (SSSR count). The molecule has 2 heterocycles. The quantitative estimate of drug-likeness (QED) is 0.470. The zero-order valence-electron chi connectivity index (χ0n) is 18.2. The minimum absolute atomic E-state index is 0.819. The minimum atomic E-state index is 0.819. The monoisotopic (exact) mass is 428 g/mol. The van der Waals surface area contributed by atoms with Gasteiger partial charge in [0.25, 0.3) is 0 Å². The van der Waals surface area contributed by atoms with E-state index in [9.17, 15) is 0 Å². The molecular weight excluding hydrogens is 406 g/mol. The van der Waals surface area contributed by atoms with Crippen molar-refractivity contribution in [3.63, 3.8) is 0 Å². The third-order valence-corrected chi connectivity index (χ3v) is 6.08. The van der Waals surface area contributed by atoms with Crippen molar-refractivity contribution in [1.29, 1.82) is 0 Å². The van der Waals surface area contributed by atoms with Gasteiger partial charge in [0.05, 0.1) is 18.1 Å². The molecule has 0 saturated heterocycles. The predicted molar refractivity (Wildman–Crippen MR) is 134 cm³/mol. The Hall–Kier alpha value is -4.37. The first-order valence-electron chi connectivity index (χ1n) is 11.0. The summed E-state index contributed by atoms with van der Waals surface area (Å²) in [6.45, 7) is 0. The molecule has 0 aromatic heterocycles. The first-order chi connectivity index (χ1) is 16.3. The highest BCUT2D eigenvalue weighted by Crippen LogP contribution is 2.37. The normalized spacial score (nSPS) is 15.4. The number of benzene rings is 4. The van der Waals surface area contributed by atoms with Gasteiger partial charge in [-0.25, -0.2) is 4.99 Å². The second-order valence-electron chi connectivity index (χ2n) is 8.06. The number of hydrogen-bond donors (Lipinski definition) is 1. The van der Waals surface area contributed by atoms with Crippen molar-refractivity contribution in [2.24, 2.45) is 0 Å². The van der Waals surface area contributed by atoms with Crippen molar-refractivity contribution in [3.05, 3.63) is 126 Å². The van der Waals surface area contributed by atoms with Crippen molar-refractivity contribution in [2.45, 2.75) is 0 Å². The second-order valence-corrected chi connectivity index (χ2v) is 8.06. The summed E-state index contributed by atoms with van der Waals surface area (Å²) in [6, 6.07) is 28.9. The number of hydrogen-bond acceptors (Lipinski definition) is 2. The van der Waals surface area contributed by atoms with Crippen LogP contribution in [0.2, 0.25) is 0 Å². The topological polar surface area (TPSA) is 32.4 Å². The lowest BCUT2D eigenvalue weighted by molar-refractivity contribution is -0.347. The molecule has 0 radical (unpaired) electrons. The Morgan fingerprint density at radius 1 is 0.818 bits per heavy atom. The van der Waals surface area contributed by atoms with Crippen molar-refractivity contribution in [1.82, 2.24) is 0 Å². The van der Waals surface area contributed by atoms with Crippen LogP contribution in [0.25, 0.3) is 22.1 Å². The first kappa shape index (κ1) is 19.3. The van der Waals surface area contributed by atoms with Gasteiger partial charge in [0.15, 0.2) is 0 Å². The molecule has 2 aliphatic heterocycles. The van der Waals surface area contributed by atoms with Crippen LogP contribution in [0.3, 0.4) is 0 Å². The number of methoxy groups -OCH3 is 1. The standard InChI is InChI=1S/C30H21NO2/c1-32-23-17-15-20(16-18-23)29-19-22(24-10-2-3-14-28(24)33-29)9-6-12-26-25-11-4-7-21-8-5-13-27(31-26)30(21)25/h2-19H,1H3/p+1/b12-6+,22-9-. The Kier molecular flexibility index (Phi) is 4.66. The second kappa shape index (κ2) is 7.95. The van der Waals surface area contributed by atoms with Gasteiger partial charge in [-0.3, -0.25) is 0 Å². The van der Waals surface area contributed by atoms with Gasteiger partial charge < -0.3 is 9.47 Å². The van der Waals surface area contributed by atoms with E-state index in [1.54, 1.807) is 7.11 Å². The maximum atomic E-state index is 6.22. The highest BCUT2D eigenvalue weighted by atomic mass is 16.5. The van der Waals surface area contributed by atoms with Crippen LogP contribution in [0.1, 0.15) is 16.7 Å². The number of nitrogens with one attached hydrogen (secondary N) is 1. The van der Waals surface area contributed by atoms with Crippen LogP contribution in [-0.4, -0.2) is 12.8 Å². The van der Waals surface area contributed by atoms with E-state index in [1.807, 2.05) is 42.5 Å². The van der Waals surface area contributed by atoms with Gasteiger partial charge in [0.1, 0.15) is 17.3 Å². The summed E-state index contributed by atoms with van der Waals surface area (Å²) in [4.78, 5) is 3.56. The van der Waals surface area contributed by atoms with Crippen molar-refractivity contribution in [2.75, 3.05) is 7.11 Å². The smallest absolute Gasteiger partial charge is 0.212 e. The Morgan fingerprint density at radius 2 is 1.61 bits per heavy atom. The van der Waals surface area contributed by atoms with Gasteiger partial charge in [-0.15, -0.1) is 0 Å². The number of para-hydroxylation sites is 1. The van der Waals surface area contributed by atoms with Gasteiger partial charge in [0.2, 0.25) is 11.4 Å². The van der Waals surface area contributed by atoms with Crippen LogP contribution in [0.15, 0.2) is 109 Å². The molecule has 4 aromatic carbocycles. The highest BCUT2D eigenvalue weighted by Gasteiger charge is 2.22. The molecule has 33 heavy (non-hydrogen) atoms. The Morgan fingerprint density at radius 3 is 2.45 bits per heavy atom. The molecule has 0 amide bonds. The highest BCUT2D eigenvalue weighted by molar-refractivity contribution is 6.18. The molecule has 3 heteroatoms. The average molecular weight is 429 g/mol. The third kappa shape index (κ3) is 3.44. The van der Waals surface area contributed by atoms with E-state index in [4.69, 9.17) is 9.47 Å². The molecule has 4 aromatic rings. The van der Waals surface area contributed by atoms with E-state index >= 15 is 0 Å². The fourth-order valence-electron chi connectivity index (χ4n) is 4.46. The average Bonchev–Trinajstić information content (AvgIpc) is 3.23. The molecule has 3 nitrogen and oxygen atoms in total. The summed E-state index contributed by atoms with van der Waals surface area (Å²) in [7, 11) is 1.67. The fourth-order valence-corrected chi connectivity index (χ4v) is 4.46. The van der Waals surface area contributed by atoms with Crippen LogP contribution >= 0.6 is 0 Å². The first-order valence-corrected chi connectivity index (χ1v) is 11.0. The lowest BCUT2D eigenvalue weighted by Crippen LogP contribution is -2.63. The van der Waals surface area contributed by atoms with Crippen LogP contribution in [0.4, 0.5) is 5.69 Å². The van der Waals surface area contributed by atoms with E-state index in [0.29, 0.717) is 0 Å². The molecule has 0 saturated carbocycles. The Balaban J connectivity index is 1.36. The zero-order valence-corrected chi connectivity index (χ0v) is 18.2. The van der Waals surface area contributed by atoms with Gasteiger partial charge in [0, 0.05) is 23.3 Å². The van der Waals surface area contributed by atoms with Gasteiger partial charge >= 0.3 is 0 Å². The Labute approximate surface area is 192 Å². The van der Waals surface area contributed by atoms with E-state index in [-0.39, 0.29) is 0 Å². The summed E-state index contributed by atoms with van der Waals surface area (Å²) in [5.41, 5.74) is 6.70.